The van der Waals surface area contributed by atoms with Crippen molar-refractivity contribution in [3.63, 3.8) is 0 Å². The molecule has 4 aromatic rings. The molecule has 0 saturated carbocycles. The van der Waals surface area contributed by atoms with Gasteiger partial charge in [-0.2, -0.15) is 0 Å². The molecule has 162 valence electrons. The lowest BCUT2D eigenvalue weighted by molar-refractivity contribution is -0.384. The first-order valence-corrected chi connectivity index (χ1v) is 10.6. The molecular weight excluding hydrogens is 414 g/mol. The van der Waals surface area contributed by atoms with Crippen molar-refractivity contribution in [3.8, 4) is 0 Å². The number of benzene rings is 4. The monoisotopic (exact) mass is 435 g/mol. The summed E-state index contributed by atoms with van der Waals surface area (Å²) in [5, 5.41) is 12.8. The van der Waals surface area contributed by atoms with Crippen LogP contribution in [0.4, 0.5) is 17.1 Å². The van der Waals surface area contributed by atoms with Crippen molar-refractivity contribution in [2.45, 2.75) is 12.5 Å². The molecule has 4 aromatic carbocycles. The largest absolute Gasteiger partial charge is 0.269 e. The van der Waals surface area contributed by atoms with E-state index in [1.54, 1.807) is 17.2 Å². The predicted octanol–water partition coefficient (Wildman–Crippen LogP) is 6.33. The minimum absolute atomic E-state index is 0.0219. The average molecular weight is 435 g/mol. The molecule has 1 fully saturated rings. The van der Waals surface area contributed by atoms with Gasteiger partial charge in [-0.15, -0.1) is 0 Å². The van der Waals surface area contributed by atoms with Crippen molar-refractivity contribution >= 4 is 22.9 Å². The molecule has 0 aromatic heterocycles. The van der Waals surface area contributed by atoms with Gasteiger partial charge in [0.1, 0.15) is 0 Å². The van der Waals surface area contributed by atoms with Crippen LogP contribution in [0, 0.1) is 17.0 Å². The first-order valence-electron chi connectivity index (χ1n) is 10.6. The second-order valence-corrected chi connectivity index (χ2v) is 7.84. The van der Waals surface area contributed by atoms with Gasteiger partial charge in [0.05, 0.1) is 16.3 Å². The van der Waals surface area contributed by atoms with E-state index in [0.717, 1.165) is 22.4 Å². The van der Waals surface area contributed by atoms with Gasteiger partial charge in [-0.3, -0.25) is 10.1 Å². The minimum Gasteiger partial charge on any atom is -0.258 e. The molecule has 0 aliphatic carbocycles. The summed E-state index contributed by atoms with van der Waals surface area (Å²) in [6.07, 6.45) is 0. The molecule has 0 N–H and O–H groups in total. The van der Waals surface area contributed by atoms with E-state index in [9.17, 15) is 10.1 Å². The molecule has 0 unspecified atom stereocenters. The number of nitrogens with zero attached hydrogens (tertiary/aromatic N) is 3. The number of hydrogen-bond acceptors (Lipinski definition) is 4. The molecule has 1 aliphatic heterocycles. The summed E-state index contributed by atoms with van der Waals surface area (Å²) < 4.78 is 0. The minimum atomic E-state index is -0.921. The molecule has 0 amide bonds. The topological polar surface area (TPSA) is 68.0 Å². The number of nitro benzene ring substituents is 1. The van der Waals surface area contributed by atoms with E-state index in [4.69, 9.17) is 9.83 Å². The van der Waals surface area contributed by atoms with Crippen molar-refractivity contribution in [2.24, 2.45) is 4.99 Å². The SMILES string of the molecule is Cc1ccc(N=C2N(c3ccc([N+](=O)[O-])cc3)OC2(c2ccccc2)c2ccccc2)cc1. The van der Waals surface area contributed by atoms with Crippen LogP contribution in [0.3, 0.4) is 0 Å². The van der Waals surface area contributed by atoms with E-state index in [1.807, 2.05) is 91.9 Å². The number of nitro groups is 1. The highest BCUT2D eigenvalue weighted by molar-refractivity contribution is 6.10. The number of aryl methyl sites for hydroxylation is 1. The smallest absolute Gasteiger partial charge is 0.258 e. The molecular formula is C27H21N3O3. The van der Waals surface area contributed by atoms with Gasteiger partial charge < -0.3 is 0 Å². The number of non-ortho nitro benzene ring substituents is 1. The summed E-state index contributed by atoms with van der Waals surface area (Å²) in [6, 6.07) is 34.1. The summed E-state index contributed by atoms with van der Waals surface area (Å²) in [5.74, 6) is 0.678. The standard InChI is InChI=1S/C27H21N3O3/c1-20-12-14-23(15-13-20)28-26-27(21-8-4-2-5-9-21,22-10-6-3-7-11-22)33-29(26)24-16-18-25(19-17-24)30(31)32/h2-19H,1H3. The molecule has 1 heterocycles. The van der Waals surface area contributed by atoms with Gasteiger partial charge >= 0.3 is 0 Å². The fraction of sp³-hybridized carbons (Fsp3) is 0.0741. The Morgan fingerprint density at radius 3 is 1.85 bits per heavy atom. The Balaban J connectivity index is 1.68. The van der Waals surface area contributed by atoms with Gasteiger partial charge in [0.15, 0.2) is 5.84 Å². The summed E-state index contributed by atoms with van der Waals surface area (Å²) in [4.78, 5) is 22.2. The van der Waals surface area contributed by atoms with Gasteiger partial charge in [0.25, 0.3) is 5.69 Å². The Morgan fingerprint density at radius 2 is 1.33 bits per heavy atom. The Kier molecular flexibility index (Phi) is 5.20. The molecule has 0 spiro atoms. The van der Waals surface area contributed by atoms with Crippen LogP contribution in [0.15, 0.2) is 114 Å². The zero-order valence-electron chi connectivity index (χ0n) is 18.0. The van der Waals surface area contributed by atoms with Crippen LogP contribution in [-0.4, -0.2) is 10.8 Å². The molecule has 5 rings (SSSR count). The Bertz CT molecular complexity index is 1260. The lowest BCUT2D eigenvalue weighted by atomic mass is 9.82. The van der Waals surface area contributed by atoms with Crippen LogP contribution in [0.1, 0.15) is 16.7 Å². The van der Waals surface area contributed by atoms with Crippen LogP contribution >= 0.6 is 0 Å². The molecule has 0 bridgehead atoms. The number of hydrogen-bond donors (Lipinski definition) is 0. The number of rotatable bonds is 5. The average Bonchev–Trinajstić information content (AvgIpc) is 2.85. The molecule has 1 aliphatic rings. The number of hydroxylamine groups is 1. The van der Waals surface area contributed by atoms with Crippen LogP contribution in [0.5, 0.6) is 0 Å². The highest BCUT2D eigenvalue weighted by atomic mass is 16.7. The maximum absolute atomic E-state index is 11.1. The molecule has 6 heteroatoms. The molecule has 33 heavy (non-hydrogen) atoms. The highest BCUT2D eigenvalue weighted by Crippen LogP contribution is 2.47. The molecule has 6 nitrogen and oxygen atoms in total. The van der Waals surface area contributed by atoms with E-state index in [2.05, 4.69) is 0 Å². The van der Waals surface area contributed by atoms with Gasteiger partial charge in [-0.1, -0.05) is 78.4 Å². The summed E-state index contributed by atoms with van der Waals surface area (Å²) in [5.41, 5.74) is 3.59. The quantitative estimate of drug-likeness (QED) is 0.271. The first-order chi connectivity index (χ1) is 16.1. The van der Waals surface area contributed by atoms with E-state index in [-0.39, 0.29) is 5.69 Å². The normalized spacial score (nSPS) is 15.8. The summed E-state index contributed by atoms with van der Waals surface area (Å²) >= 11 is 0. The molecule has 0 radical (unpaired) electrons. The first kappa shape index (κ1) is 20.6. The number of anilines is 1. The number of aliphatic imine (C=N–C) groups is 1. The maximum atomic E-state index is 11.1. The van der Waals surface area contributed by atoms with E-state index >= 15 is 0 Å². The zero-order valence-corrected chi connectivity index (χ0v) is 18.0. The third kappa shape index (κ3) is 3.66. The van der Waals surface area contributed by atoms with E-state index in [0.29, 0.717) is 11.5 Å². The summed E-state index contributed by atoms with van der Waals surface area (Å²) in [7, 11) is 0. The fourth-order valence-electron chi connectivity index (χ4n) is 3.95. The Labute approximate surface area is 191 Å². The van der Waals surface area contributed by atoms with Gasteiger partial charge in [0.2, 0.25) is 5.60 Å². The van der Waals surface area contributed by atoms with E-state index in [1.165, 1.54) is 12.1 Å². The Morgan fingerprint density at radius 1 is 0.788 bits per heavy atom. The zero-order chi connectivity index (χ0) is 22.8. The van der Waals surface area contributed by atoms with E-state index < -0.39 is 10.5 Å². The van der Waals surface area contributed by atoms with Crippen molar-refractivity contribution in [1.82, 2.24) is 0 Å². The van der Waals surface area contributed by atoms with Crippen molar-refractivity contribution in [3.05, 3.63) is 136 Å². The highest BCUT2D eigenvalue weighted by Gasteiger charge is 2.55. The Hall–Kier alpha value is -4.29. The van der Waals surface area contributed by atoms with Gasteiger partial charge in [-0.05, 0) is 42.3 Å². The molecule has 0 atom stereocenters. The summed E-state index contributed by atoms with van der Waals surface area (Å²) in [6.45, 7) is 2.03. The van der Waals surface area contributed by atoms with Gasteiger partial charge in [-0.25, -0.2) is 14.9 Å². The van der Waals surface area contributed by atoms with Crippen molar-refractivity contribution in [2.75, 3.05) is 5.06 Å². The third-order valence-electron chi connectivity index (χ3n) is 5.66. The fourth-order valence-corrected chi connectivity index (χ4v) is 3.95. The van der Waals surface area contributed by atoms with Crippen molar-refractivity contribution in [1.29, 1.82) is 0 Å². The second kappa shape index (κ2) is 8.33. The predicted molar refractivity (Wildman–Crippen MR) is 129 cm³/mol. The second-order valence-electron chi connectivity index (χ2n) is 7.84. The lowest BCUT2D eigenvalue weighted by Crippen LogP contribution is -2.63. The lowest BCUT2D eigenvalue weighted by Gasteiger charge is -2.51. The number of amidine groups is 1. The van der Waals surface area contributed by atoms with Crippen molar-refractivity contribution < 1.29 is 9.76 Å². The molecule has 1 saturated heterocycles. The maximum Gasteiger partial charge on any atom is 0.269 e. The van der Waals surface area contributed by atoms with Crippen LogP contribution < -0.4 is 5.06 Å². The van der Waals surface area contributed by atoms with Gasteiger partial charge in [0, 0.05) is 12.1 Å². The van der Waals surface area contributed by atoms with Crippen LogP contribution in [0.2, 0.25) is 0 Å². The third-order valence-corrected chi connectivity index (χ3v) is 5.66. The van der Waals surface area contributed by atoms with Crippen LogP contribution in [-0.2, 0) is 10.4 Å². The van der Waals surface area contributed by atoms with Crippen LogP contribution in [0.25, 0.3) is 0 Å².